The highest BCUT2D eigenvalue weighted by atomic mass is 32.2. The molecular formula is C24H26N2O5S. The van der Waals surface area contributed by atoms with Crippen molar-refractivity contribution in [3.05, 3.63) is 58.5 Å². The molecule has 0 aromatic heterocycles. The number of amidine groups is 1. The first-order valence-electron chi connectivity index (χ1n) is 10.4. The number of amides is 1. The van der Waals surface area contributed by atoms with Gasteiger partial charge < -0.3 is 14.2 Å². The van der Waals surface area contributed by atoms with Crippen molar-refractivity contribution in [1.29, 1.82) is 0 Å². The Morgan fingerprint density at radius 2 is 1.78 bits per heavy atom. The van der Waals surface area contributed by atoms with Crippen LogP contribution in [0.1, 0.15) is 36.7 Å². The fraction of sp³-hybridized carbons (Fsp3) is 0.292. The Morgan fingerprint density at radius 3 is 2.50 bits per heavy atom. The first kappa shape index (κ1) is 23.4. The van der Waals surface area contributed by atoms with E-state index in [0.29, 0.717) is 52.6 Å². The van der Waals surface area contributed by atoms with Crippen molar-refractivity contribution in [3.63, 3.8) is 0 Å². The molecule has 7 nitrogen and oxygen atoms in total. The molecule has 0 aliphatic carbocycles. The fourth-order valence-corrected chi connectivity index (χ4v) is 3.97. The molecule has 8 heteroatoms. The van der Waals surface area contributed by atoms with Gasteiger partial charge in [-0.3, -0.25) is 9.69 Å². The predicted octanol–water partition coefficient (Wildman–Crippen LogP) is 4.89. The average Bonchev–Trinajstić information content (AvgIpc) is 3.04. The van der Waals surface area contributed by atoms with Gasteiger partial charge in [0.2, 0.25) is 0 Å². The number of hydrogen-bond donors (Lipinski definition) is 0. The molecule has 32 heavy (non-hydrogen) atoms. The number of likely N-dealkylation sites (N-methyl/N-ethyl adjacent to an activating group) is 1. The van der Waals surface area contributed by atoms with E-state index in [4.69, 9.17) is 14.2 Å². The van der Waals surface area contributed by atoms with Crippen molar-refractivity contribution in [1.82, 2.24) is 4.90 Å². The van der Waals surface area contributed by atoms with Crippen LogP contribution in [0.3, 0.4) is 0 Å². The van der Waals surface area contributed by atoms with Gasteiger partial charge in [0.1, 0.15) is 0 Å². The summed E-state index contributed by atoms with van der Waals surface area (Å²) in [5.74, 6) is 0.751. The van der Waals surface area contributed by atoms with E-state index in [0.717, 1.165) is 5.56 Å². The molecule has 0 bridgehead atoms. The number of hydrogen-bond acceptors (Lipinski definition) is 7. The number of benzene rings is 2. The van der Waals surface area contributed by atoms with Gasteiger partial charge in [-0.15, -0.1) is 0 Å². The van der Waals surface area contributed by atoms with Crippen LogP contribution in [0.15, 0.2) is 52.4 Å². The van der Waals surface area contributed by atoms with Crippen LogP contribution >= 0.6 is 11.8 Å². The third-order valence-electron chi connectivity index (χ3n) is 4.45. The van der Waals surface area contributed by atoms with Crippen molar-refractivity contribution in [3.8, 4) is 11.5 Å². The Bertz CT molecular complexity index is 1060. The second kappa shape index (κ2) is 10.9. The number of carbonyl (C=O) groups excluding carboxylic acids is 2. The Labute approximate surface area is 192 Å². The smallest absolute Gasteiger partial charge is 0.338 e. The second-order valence-corrected chi connectivity index (χ2v) is 7.72. The van der Waals surface area contributed by atoms with Crippen LogP contribution < -0.4 is 9.47 Å². The van der Waals surface area contributed by atoms with Gasteiger partial charge in [0.25, 0.3) is 5.91 Å². The number of esters is 1. The lowest BCUT2D eigenvalue weighted by atomic mass is 10.2. The number of ether oxygens (including phenoxy) is 3. The molecule has 0 spiro atoms. The molecule has 1 heterocycles. The second-order valence-electron chi connectivity index (χ2n) is 6.71. The molecule has 168 valence electrons. The molecule has 1 aliphatic rings. The molecule has 0 unspecified atom stereocenters. The lowest BCUT2D eigenvalue weighted by Crippen LogP contribution is -2.23. The van der Waals surface area contributed by atoms with E-state index in [1.807, 2.05) is 32.0 Å². The maximum atomic E-state index is 12.8. The standard InChI is InChI=1S/C24H26N2O5S/c1-5-29-19-12-11-16(13-20(19)30-6-2)14-21-22(27)26(4)24(32-21)25-18-10-8-9-17(15-18)23(28)31-7-3/h8-15H,5-7H2,1-4H3. The summed E-state index contributed by atoms with van der Waals surface area (Å²) >= 11 is 1.27. The zero-order valence-corrected chi connectivity index (χ0v) is 19.4. The topological polar surface area (TPSA) is 77.4 Å². The van der Waals surface area contributed by atoms with Gasteiger partial charge in [-0.25, -0.2) is 9.79 Å². The van der Waals surface area contributed by atoms with E-state index in [1.54, 1.807) is 44.3 Å². The highest BCUT2D eigenvalue weighted by Gasteiger charge is 2.30. The average molecular weight is 455 g/mol. The van der Waals surface area contributed by atoms with Crippen LogP contribution in [0, 0.1) is 0 Å². The minimum atomic E-state index is -0.403. The molecule has 1 saturated heterocycles. The highest BCUT2D eigenvalue weighted by molar-refractivity contribution is 8.18. The predicted molar refractivity (Wildman–Crippen MR) is 127 cm³/mol. The van der Waals surface area contributed by atoms with Crippen LogP contribution in [0.4, 0.5) is 5.69 Å². The summed E-state index contributed by atoms with van der Waals surface area (Å²) < 4.78 is 16.3. The number of thioether (sulfide) groups is 1. The monoisotopic (exact) mass is 454 g/mol. The molecule has 0 saturated carbocycles. The van der Waals surface area contributed by atoms with Crippen molar-refractivity contribution >= 4 is 40.6 Å². The van der Waals surface area contributed by atoms with Gasteiger partial charge in [0.05, 0.1) is 36.0 Å². The van der Waals surface area contributed by atoms with Crippen LogP contribution in [0.25, 0.3) is 6.08 Å². The van der Waals surface area contributed by atoms with E-state index in [2.05, 4.69) is 4.99 Å². The van der Waals surface area contributed by atoms with Crippen LogP contribution in [0.2, 0.25) is 0 Å². The van der Waals surface area contributed by atoms with E-state index in [1.165, 1.54) is 16.7 Å². The molecular weight excluding hydrogens is 428 g/mol. The van der Waals surface area contributed by atoms with Crippen LogP contribution in [0.5, 0.6) is 11.5 Å². The number of rotatable bonds is 8. The Balaban J connectivity index is 1.86. The summed E-state index contributed by atoms with van der Waals surface area (Å²) in [6.07, 6.45) is 1.80. The van der Waals surface area contributed by atoms with Crippen LogP contribution in [-0.2, 0) is 9.53 Å². The minimum absolute atomic E-state index is 0.151. The molecule has 1 fully saturated rings. The normalized spacial score (nSPS) is 16.0. The largest absolute Gasteiger partial charge is 0.490 e. The maximum Gasteiger partial charge on any atom is 0.338 e. The molecule has 1 amide bonds. The lowest BCUT2D eigenvalue weighted by Gasteiger charge is -2.11. The van der Waals surface area contributed by atoms with E-state index in [-0.39, 0.29) is 5.91 Å². The summed E-state index contributed by atoms with van der Waals surface area (Å²) in [6.45, 7) is 6.93. The summed E-state index contributed by atoms with van der Waals surface area (Å²) in [5.41, 5.74) is 1.81. The summed E-state index contributed by atoms with van der Waals surface area (Å²) in [5, 5.41) is 0.526. The van der Waals surface area contributed by atoms with Gasteiger partial charge in [-0.05, 0) is 74.5 Å². The van der Waals surface area contributed by atoms with Crippen molar-refractivity contribution in [2.24, 2.45) is 4.99 Å². The highest BCUT2D eigenvalue weighted by Crippen LogP contribution is 2.35. The van der Waals surface area contributed by atoms with E-state index in [9.17, 15) is 9.59 Å². The van der Waals surface area contributed by atoms with Crippen molar-refractivity contribution in [2.45, 2.75) is 20.8 Å². The zero-order valence-electron chi connectivity index (χ0n) is 18.6. The van der Waals surface area contributed by atoms with Gasteiger partial charge in [0, 0.05) is 7.05 Å². The maximum absolute atomic E-state index is 12.8. The van der Waals surface area contributed by atoms with Crippen molar-refractivity contribution in [2.75, 3.05) is 26.9 Å². The summed E-state index contributed by atoms with van der Waals surface area (Å²) in [4.78, 5) is 31.3. The Morgan fingerprint density at radius 1 is 1.03 bits per heavy atom. The first-order chi connectivity index (χ1) is 15.5. The Kier molecular flexibility index (Phi) is 7.94. The molecule has 2 aromatic rings. The first-order valence-corrected chi connectivity index (χ1v) is 11.2. The number of nitrogens with zero attached hydrogens (tertiary/aromatic N) is 2. The molecule has 2 aromatic carbocycles. The summed E-state index contributed by atoms with van der Waals surface area (Å²) in [7, 11) is 1.67. The minimum Gasteiger partial charge on any atom is -0.490 e. The fourth-order valence-electron chi connectivity index (χ4n) is 2.99. The SMILES string of the molecule is CCOC(=O)c1cccc(N=C2SC(=Cc3ccc(OCC)c(OCC)c3)C(=O)N2C)c1. The quantitative estimate of drug-likeness (QED) is 0.417. The van der Waals surface area contributed by atoms with E-state index < -0.39 is 5.97 Å². The number of aliphatic imine (C=N–C) groups is 1. The summed E-state index contributed by atoms with van der Waals surface area (Å²) in [6, 6.07) is 12.4. The molecule has 0 radical (unpaired) electrons. The Hall–Kier alpha value is -3.26. The van der Waals surface area contributed by atoms with Gasteiger partial charge in [-0.2, -0.15) is 0 Å². The molecule has 1 aliphatic heterocycles. The van der Waals surface area contributed by atoms with Gasteiger partial charge >= 0.3 is 5.97 Å². The zero-order chi connectivity index (χ0) is 23.1. The van der Waals surface area contributed by atoms with Gasteiger partial charge in [0.15, 0.2) is 16.7 Å². The lowest BCUT2D eigenvalue weighted by molar-refractivity contribution is -0.121. The van der Waals surface area contributed by atoms with Crippen LogP contribution in [-0.4, -0.2) is 48.8 Å². The third kappa shape index (κ3) is 5.50. The van der Waals surface area contributed by atoms with E-state index >= 15 is 0 Å². The van der Waals surface area contributed by atoms with Gasteiger partial charge in [-0.1, -0.05) is 12.1 Å². The molecule has 0 atom stereocenters. The molecule has 0 N–H and O–H groups in total. The number of carbonyl (C=O) groups is 2. The van der Waals surface area contributed by atoms with Crippen molar-refractivity contribution < 1.29 is 23.8 Å². The molecule has 3 rings (SSSR count). The third-order valence-corrected chi connectivity index (χ3v) is 5.51.